The summed E-state index contributed by atoms with van der Waals surface area (Å²) in [7, 11) is -3.15. The van der Waals surface area contributed by atoms with Gasteiger partial charge in [-0.15, -0.1) is 11.8 Å². The van der Waals surface area contributed by atoms with Crippen molar-refractivity contribution in [3.05, 3.63) is 24.3 Å². The maximum absolute atomic E-state index is 11.9. The Balaban J connectivity index is 1.76. The Hall–Kier alpha value is -0.370. The third kappa shape index (κ3) is 5.25. The first kappa shape index (κ1) is 15.0. The third-order valence-corrected chi connectivity index (χ3v) is 6.65. The molecule has 1 unspecified atom stereocenters. The van der Waals surface area contributed by atoms with E-state index in [4.69, 9.17) is 5.73 Å². The average molecular weight is 318 g/mol. The van der Waals surface area contributed by atoms with Gasteiger partial charge in [0.05, 0.1) is 5.75 Å². The summed E-state index contributed by atoms with van der Waals surface area (Å²) < 4.78 is 26.5. The highest BCUT2D eigenvalue weighted by Gasteiger charge is 2.21. The predicted molar refractivity (Wildman–Crippen MR) is 84.2 cm³/mol. The fraction of sp³-hybridized carbons (Fsp3) is 0.500. The molecule has 106 valence electrons. The van der Waals surface area contributed by atoms with Gasteiger partial charge in [0.25, 0.3) is 0 Å². The first-order valence-electron chi connectivity index (χ1n) is 6.11. The van der Waals surface area contributed by atoms with Crippen LogP contribution in [0.1, 0.15) is 6.42 Å². The van der Waals surface area contributed by atoms with Crippen LogP contribution in [0.2, 0.25) is 0 Å². The number of thioether (sulfide) groups is 2. The number of benzene rings is 1. The molecule has 0 radical (unpaired) electrons. The van der Waals surface area contributed by atoms with E-state index in [0.717, 1.165) is 28.5 Å². The topological polar surface area (TPSA) is 72.2 Å². The maximum Gasteiger partial charge on any atom is 0.212 e. The monoisotopic (exact) mass is 318 g/mol. The van der Waals surface area contributed by atoms with Gasteiger partial charge in [-0.3, -0.25) is 0 Å². The molecule has 0 bridgehead atoms. The second-order valence-corrected chi connectivity index (χ2v) is 8.61. The van der Waals surface area contributed by atoms with Crippen molar-refractivity contribution in [2.75, 3.05) is 28.7 Å². The van der Waals surface area contributed by atoms with E-state index in [1.54, 1.807) is 11.8 Å². The zero-order valence-electron chi connectivity index (χ0n) is 10.5. The standard InChI is InChI=1S/C12H18N2O2S3/c13-10-1-3-12(4-2-10)18-7-8-19(15,16)14-11-5-6-17-9-11/h1-4,11,14H,5-9,13H2. The highest BCUT2D eigenvalue weighted by Crippen LogP contribution is 2.20. The molecule has 4 nitrogen and oxygen atoms in total. The summed E-state index contributed by atoms with van der Waals surface area (Å²) in [5, 5.41) is 0. The van der Waals surface area contributed by atoms with Crippen LogP contribution in [-0.2, 0) is 10.0 Å². The summed E-state index contributed by atoms with van der Waals surface area (Å²) in [5.74, 6) is 2.65. The van der Waals surface area contributed by atoms with E-state index in [-0.39, 0.29) is 11.8 Å². The van der Waals surface area contributed by atoms with Gasteiger partial charge in [0, 0.05) is 28.1 Å². The molecule has 7 heteroatoms. The highest BCUT2D eigenvalue weighted by molar-refractivity contribution is 8.00. The lowest BCUT2D eigenvalue weighted by Crippen LogP contribution is -2.36. The first-order chi connectivity index (χ1) is 9.05. The molecule has 1 aliphatic heterocycles. The molecule has 1 atom stereocenters. The molecule has 0 spiro atoms. The summed E-state index contributed by atoms with van der Waals surface area (Å²) in [6.07, 6.45) is 0.939. The SMILES string of the molecule is Nc1ccc(SCCS(=O)(=O)NC2CCSC2)cc1. The van der Waals surface area contributed by atoms with Crippen LogP contribution in [0.3, 0.4) is 0 Å². The second-order valence-electron chi connectivity index (χ2n) is 4.41. The molecule has 1 aromatic rings. The van der Waals surface area contributed by atoms with Gasteiger partial charge < -0.3 is 5.73 Å². The Bertz CT molecular complexity index is 496. The molecule has 0 aliphatic carbocycles. The largest absolute Gasteiger partial charge is 0.399 e. The number of hydrogen-bond donors (Lipinski definition) is 2. The lowest BCUT2D eigenvalue weighted by atomic mass is 10.3. The van der Waals surface area contributed by atoms with E-state index < -0.39 is 10.0 Å². The van der Waals surface area contributed by atoms with E-state index in [0.29, 0.717) is 5.75 Å². The van der Waals surface area contributed by atoms with Gasteiger partial charge in [-0.2, -0.15) is 11.8 Å². The van der Waals surface area contributed by atoms with Gasteiger partial charge >= 0.3 is 0 Å². The molecule has 0 aromatic heterocycles. The van der Waals surface area contributed by atoms with E-state index in [2.05, 4.69) is 4.72 Å². The minimum atomic E-state index is -3.15. The summed E-state index contributed by atoms with van der Waals surface area (Å²) in [4.78, 5) is 1.04. The minimum absolute atomic E-state index is 0.122. The van der Waals surface area contributed by atoms with Crippen molar-refractivity contribution in [3.8, 4) is 0 Å². The Labute approximate surface area is 123 Å². The van der Waals surface area contributed by atoms with Crippen molar-refractivity contribution in [2.24, 2.45) is 0 Å². The lowest BCUT2D eigenvalue weighted by Gasteiger charge is -2.11. The Morgan fingerprint density at radius 3 is 2.74 bits per heavy atom. The van der Waals surface area contributed by atoms with Gasteiger partial charge in [-0.25, -0.2) is 13.1 Å². The van der Waals surface area contributed by atoms with Gasteiger partial charge in [0.2, 0.25) is 10.0 Å². The zero-order valence-corrected chi connectivity index (χ0v) is 13.0. The van der Waals surface area contributed by atoms with E-state index >= 15 is 0 Å². The quantitative estimate of drug-likeness (QED) is 0.618. The molecule has 2 rings (SSSR count). The van der Waals surface area contributed by atoms with Crippen molar-refractivity contribution in [2.45, 2.75) is 17.4 Å². The molecule has 0 saturated carbocycles. The molecule has 3 N–H and O–H groups in total. The third-order valence-electron chi connectivity index (χ3n) is 2.78. The van der Waals surface area contributed by atoms with Gasteiger partial charge in [-0.1, -0.05) is 0 Å². The maximum atomic E-state index is 11.9. The van der Waals surface area contributed by atoms with Crippen LogP contribution in [0, 0.1) is 0 Å². The first-order valence-corrected chi connectivity index (χ1v) is 9.90. The van der Waals surface area contributed by atoms with Crippen LogP contribution in [0.4, 0.5) is 5.69 Å². The molecule has 0 amide bonds. The number of rotatable bonds is 6. The van der Waals surface area contributed by atoms with Crippen molar-refractivity contribution in [1.29, 1.82) is 0 Å². The van der Waals surface area contributed by atoms with E-state index in [9.17, 15) is 8.42 Å². The van der Waals surface area contributed by atoms with Crippen LogP contribution in [0.5, 0.6) is 0 Å². The summed E-state index contributed by atoms with van der Waals surface area (Å²) in [6, 6.07) is 7.59. The molecular formula is C12H18N2O2S3. The lowest BCUT2D eigenvalue weighted by molar-refractivity contribution is 0.564. The van der Waals surface area contributed by atoms with Gasteiger partial charge in [-0.05, 0) is 36.4 Å². The van der Waals surface area contributed by atoms with Crippen LogP contribution in [-0.4, -0.2) is 37.5 Å². The van der Waals surface area contributed by atoms with Crippen molar-refractivity contribution >= 4 is 39.2 Å². The molecule has 1 fully saturated rings. The van der Waals surface area contributed by atoms with Crippen molar-refractivity contribution < 1.29 is 8.42 Å². The number of sulfonamides is 1. The fourth-order valence-corrected chi connectivity index (χ4v) is 5.63. The fourth-order valence-electron chi connectivity index (χ4n) is 1.77. The molecular weight excluding hydrogens is 300 g/mol. The summed E-state index contributed by atoms with van der Waals surface area (Å²) in [6.45, 7) is 0. The number of nitrogen functional groups attached to an aromatic ring is 1. The van der Waals surface area contributed by atoms with Crippen molar-refractivity contribution in [1.82, 2.24) is 4.72 Å². The van der Waals surface area contributed by atoms with Crippen LogP contribution < -0.4 is 10.5 Å². The van der Waals surface area contributed by atoms with Crippen LogP contribution >= 0.6 is 23.5 Å². The second kappa shape index (κ2) is 6.88. The van der Waals surface area contributed by atoms with Gasteiger partial charge in [0.1, 0.15) is 0 Å². The summed E-state index contributed by atoms with van der Waals surface area (Å²) >= 11 is 3.33. The number of hydrogen-bond acceptors (Lipinski definition) is 5. The normalized spacial score (nSPS) is 19.7. The number of nitrogens with two attached hydrogens (primary N) is 1. The highest BCUT2D eigenvalue weighted by atomic mass is 32.2. The number of anilines is 1. The smallest absolute Gasteiger partial charge is 0.212 e. The number of nitrogens with one attached hydrogen (secondary N) is 1. The summed E-state index contributed by atoms with van der Waals surface area (Å²) in [5.41, 5.74) is 6.32. The van der Waals surface area contributed by atoms with Crippen LogP contribution in [0.25, 0.3) is 0 Å². The van der Waals surface area contributed by atoms with E-state index in [1.165, 1.54) is 11.8 Å². The predicted octanol–water partition coefficient (Wildman–Crippen LogP) is 1.79. The molecule has 19 heavy (non-hydrogen) atoms. The Morgan fingerprint density at radius 2 is 2.11 bits per heavy atom. The molecule has 1 aliphatic rings. The molecule has 1 saturated heterocycles. The average Bonchev–Trinajstić information content (AvgIpc) is 2.83. The minimum Gasteiger partial charge on any atom is -0.399 e. The zero-order chi connectivity index (χ0) is 13.7. The Morgan fingerprint density at radius 1 is 1.37 bits per heavy atom. The van der Waals surface area contributed by atoms with E-state index in [1.807, 2.05) is 24.3 Å². The van der Waals surface area contributed by atoms with Crippen LogP contribution in [0.15, 0.2) is 29.2 Å². The van der Waals surface area contributed by atoms with Gasteiger partial charge in [0.15, 0.2) is 0 Å². The molecule has 1 heterocycles. The van der Waals surface area contributed by atoms with Crippen molar-refractivity contribution in [3.63, 3.8) is 0 Å². The Kier molecular flexibility index (Phi) is 5.44. The molecule has 1 aromatic carbocycles.